The SMILES string of the molecule is CCCCC(=O)C(O)CC(C)C. The quantitative estimate of drug-likeness (QED) is 0.666. The summed E-state index contributed by atoms with van der Waals surface area (Å²) < 4.78 is 0. The number of hydrogen-bond acceptors (Lipinski definition) is 2. The van der Waals surface area contributed by atoms with Crippen molar-refractivity contribution >= 4 is 5.78 Å². The van der Waals surface area contributed by atoms with E-state index in [-0.39, 0.29) is 5.78 Å². The van der Waals surface area contributed by atoms with Gasteiger partial charge in [0.2, 0.25) is 0 Å². The van der Waals surface area contributed by atoms with E-state index in [9.17, 15) is 9.90 Å². The number of ketones is 1. The zero-order valence-electron chi connectivity index (χ0n) is 8.34. The zero-order chi connectivity index (χ0) is 9.56. The van der Waals surface area contributed by atoms with E-state index in [1.807, 2.05) is 20.8 Å². The Morgan fingerprint density at radius 3 is 2.42 bits per heavy atom. The third-order valence-corrected chi connectivity index (χ3v) is 1.84. The van der Waals surface area contributed by atoms with E-state index in [4.69, 9.17) is 0 Å². The van der Waals surface area contributed by atoms with Crippen molar-refractivity contribution < 1.29 is 9.90 Å². The van der Waals surface area contributed by atoms with Gasteiger partial charge in [-0.3, -0.25) is 4.79 Å². The van der Waals surface area contributed by atoms with Crippen LogP contribution in [-0.2, 0) is 4.79 Å². The fourth-order valence-electron chi connectivity index (χ4n) is 1.10. The molecule has 1 N–H and O–H groups in total. The van der Waals surface area contributed by atoms with Crippen molar-refractivity contribution in [2.24, 2.45) is 5.92 Å². The summed E-state index contributed by atoms with van der Waals surface area (Å²) in [6, 6.07) is 0. The second-order valence-corrected chi connectivity index (χ2v) is 3.72. The van der Waals surface area contributed by atoms with Gasteiger partial charge in [-0.2, -0.15) is 0 Å². The van der Waals surface area contributed by atoms with Crippen molar-refractivity contribution in [2.45, 2.75) is 52.6 Å². The van der Waals surface area contributed by atoms with Gasteiger partial charge in [-0.15, -0.1) is 0 Å². The van der Waals surface area contributed by atoms with E-state index in [1.54, 1.807) is 0 Å². The van der Waals surface area contributed by atoms with Gasteiger partial charge in [0.25, 0.3) is 0 Å². The lowest BCUT2D eigenvalue weighted by molar-refractivity contribution is -0.127. The van der Waals surface area contributed by atoms with Crippen LogP contribution in [0.1, 0.15) is 46.5 Å². The molecule has 0 aliphatic heterocycles. The van der Waals surface area contributed by atoms with Gasteiger partial charge >= 0.3 is 0 Å². The molecule has 0 radical (unpaired) electrons. The Balaban J connectivity index is 3.61. The summed E-state index contributed by atoms with van der Waals surface area (Å²) in [6.45, 7) is 6.06. The van der Waals surface area contributed by atoms with Gasteiger partial charge in [-0.05, 0) is 18.8 Å². The molecule has 1 atom stereocenters. The molecule has 0 bridgehead atoms. The third kappa shape index (κ3) is 5.30. The van der Waals surface area contributed by atoms with Gasteiger partial charge in [-0.25, -0.2) is 0 Å². The summed E-state index contributed by atoms with van der Waals surface area (Å²) >= 11 is 0. The highest BCUT2D eigenvalue weighted by Gasteiger charge is 2.14. The molecular formula is C10H20O2. The summed E-state index contributed by atoms with van der Waals surface area (Å²) in [4.78, 5) is 11.2. The lowest BCUT2D eigenvalue weighted by atomic mass is 10.00. The maximum atomic E-state index is 11.2. The summed E-state index contributed by atoms with van der Waals surface area (Å²) in [5, 5.41) is 9.37. The van der Waals surface area contributed by atoms with Crippen molar-refractivity contribution in [3.05, 3.63) is 0 Å². The number of aliphatic hydroxyl groups is 1. The van der Waals surface area contributed by atoms with Gasteiger partial charge in [0.1, 0.15) is 6.10 Å². The number of unbranched alkanes of at least 4 members (excludes halogenated alkanes) is 1. The van der Waals surface area contributed by atoms with Crippen molar-refractivity contribution in [3.8, 4) is 0 Å². The molecule has 0 rings (SSSR count). The molecule has 72 valence electrons. The number of carbonyl (C=O) groups excluding carboxylic acids is 1. The molecule has 0 aromatic rings. The van der Waals surface area contributed by atoms with E-state index in [0.29, 0.717) is 18.8 Å². The number of Topliss-reactive ketones (excluding diaryl/α,β-unsaturated/α-hetero) is 1. The first-order chi connectivity index (χ1) is 5.57. The summed E-state index contributed by atoms with van der Waals surface area (Å²) in [5.41, 5.74) is 0. The minimum absolute atomic E-state index is 0.00514. The van der Waals surface area contributed by atoms with Crippen LogP contribution in [-0.4, -0.2) is 17.0 Å². The Labute approximate surface area is 75.0 Å². The summed E-state index contributed by atoms with van der Waals surface area (Å²) in [5.74, 6) is 0.399. The van der Waals surface area contributed by atoms with Gasteiger partial charge in [-0.1, -0.05) is 27.2 Å². The molecule has 12 heavy (non-hydrogen) atoms. The van der Waals surface area contributed by atoms with Gasteiger partial charge in [0, 0.05) is 6.42 Å². The molecule has 0 spiro atoms. The smallest absolute Gasteiger partial charge is 0.161 e. The van der Waals surface area contributed by atoms with E-state index in [2.05, 4.69) is 0 Å². The number of aliphatic hydroxyl groups excluding tert-OH is 1. The first-order valence-electron chi connectivity index (χ1n) is 4.78. The second-order valence-electron chi connectivity index (χ2n) is 3.72. The number of carbonyl (C=O) groups is 1. The molecule has 0 heterocycles. The highest BCUT2D eigenvalue weighted by molar-refractivity contribution is 5.82. The van der Waals surface area contributed by atoms with Crippen LogP contribution in [0.5, 0.6) is 0 Å². The molecule has 0 saturated heterocycles. The van der Waals surface area contributed by atoms with Crippen molar-refractivity contribution in [3.63, 3.8) is 0 Å². The van der Waals surface area contributed by atoms with Crippen LogP contribution in [0.3, 0.4) is 0 Å². The average molecular weight is 172 g/mol. The predicted octanol–water partition coefficient (Wildman–Crippen LogP) is 2.15. The Morgan fingerprint density at radius 2 is 2.00 bits per heavy atom. The Kier molecular flexibility index (Phi) is 5.99. The van der Waals surface area contributed by atoms with Crippen LogP contribution in [0.4, 0.5) is 0 Å². The van der Waals surface area contributed by atoms with Gasteiger partial charge in [0.05, 0.1) is 0 Å². The molecule has 0 fully saturated rings. The Bertz CT molecular complexity index is 130. The fourth-order valence-corrected chi connectivity index (χ4v) is 1.10. The van der Waals surface area contributed by atoms with Crippen LogP contribution >= 0.6 is 0 Å². The minimum Gasteiger partial charge on any atom is -0.385 e. The standard InChI is InChI=1S/C10H20O2/c1-4-5-6-9(11)10(12)7-8(2)3/h8,10,12H,4-7H2,1-3H3. The maximum Gasteiger partial charge on any atom is 0.161 e. The fraction of sp³-hybridized carbons (Fsp3) is 0.900. The monoisotopic (exact) mass is 172 g/mol. The Hall–Kier alpha value is -0.370. The molecule has 0 saturated carbocycles. The van der Waals surface area contributed by atoms with Gasteiger partial charge in [0.15, 0.2) is 5.78 Å². The molecular weight excluding hydrogens is 152 g/mol. The van der Waals surface area contributed by atoms with Crippen molar-refractivity contribution in [2.75, 3.05) is 0 Å². The molecule has 0 aromatic heterocycles. The van der Waals surface area contributed by atoms with E-state index < -0.39 is 6.10 Å². The lowest BCUT2D eigenvalue weighted by Crippen LogP contribution is -2.21. The third-order valence-electron chi connectivity index (χ3n) is 1.84. The van der Waals surface area contributed by atoms with Crippen LogP contribution in [0.15, 0.2) is 0 Å². The molecule has 0 amide bonds. The summed E-state index contributed by atoms with van der Waals surface area (Å²) in [7, 11) is 0. The molecule has 2 nitrogen and oxygen atoms in total. The second kappa shape index (κ2) is 6.18. The van der Waals surface area contributed by atoms with Gasteiger partial charge < -0.3 is 5.11 Å². The van der Waals surface area contributed by atoms with E-state index in [1.165, 1.54) is 0 Å². The largest absolute Gasteiger partial charge is 0.385 e. The van der Waals surface area contributed by atoms with Crippen LogP contribution in [0.25, 0.3) is 0 Å². The van der Waals surface area contributed by atoms with Crippen molar-refractivity contribution in [1.82, 2.24) is 0 Å². The zero-order valence-corrected chi connectivity index (χ0v) is 8.34. The predicted molar refractivity (Wildman–Crippen MR) is 50.0 cm³/mol. The Morgan fingerprint density at radius 1 is 1.42 bits per heavy atom. The van der Waals surface area contributed by atoms with Crippen LogP contribution in [0, 0.1) is 5.92 Å². The average Bonchev–Trinajstić information content (AvgIpc) is 1.98. The lowest BCUT2D eigenvalue weighted by Gasteiger charge is -2.11. The maximum absolute atomic E-state index is 11.2. The molecule has 2 heteroatoms. The van der Waals surface area contributed by atoms with E-state index in [0.717, 1.165) is 12.8 Å². The molecule has 0 aliphatic carbocycles. The molecule has 0 aliphatic rings. The first-order valence-corrected chi connectivity index (χ1v) is 4.78. The molecule has 0 aromatic carbocycles. The molecule has 1 unspecified atom stereocenters. The topological polar surface area (TPSA) is 37.3 Å². The summed E-state index contributed by atoms with van der Waals surface area (Å²) in [6.07, 6.45) is 2.32. The first kappa shape index (κ1) is 11.6. The van der Waals surface area contributed by atoms with Crippen LogP contribution < -0.4 is 0 Å². The number of hydrogen-bond donors (Lipinski definition) is 1. The minimum atomic E-state index is -0.725. The van der Waals surface area contributed by atoms with Crippen molar-refractivity contribution in [1.29, 1.82) is 0 Å². The highest BCUT2D eigenvalue weighted by atomic mass is 16.3. The normalized spacial score (nSPS) is 13.4. The van der Waals surface area contributed by atoms with Crippen LogP contribution in [0.2, 0.25) is 0 Å². The van der Waals surface area contributed by atoms with E-state index >= 15 is 0 Å². The highest BCUT2D eigenvalue weighted by Crippen LogP contribution is 2.08. The number of rotatable bonds is 6.